The van der Waals surface area contributed by atoms with Crippen LogP contribution in [0, 0.1) is 5.92 Å². The summed E-state index contributed by atoms with van der Waals surface area (Å²) >= 11 is 0. The van der Waals surface area contributed by atoms with Gasteiger partial charge in [-0.1, -0.05) is 45.3 Å². The molecule has 1 rings (SSSR count). The maximum absolute atomic E-state index is 6.37. The van der Waals surface area contributed by atoms with Gasteiger partial charge in [-0.05, 0) is 44.5 Å². The summed E-state index contributed by atoms with van der Waals surface area (Å²) in [6.45, 7) is 11.4. The standard InChI is InChI=1S/C16H30OSi/c1-6-8-10-14-12-13-15(11-9-7-2)16(14)17-18(3,4)5/h12-14H,6-11H2,1-5H3. The molecule has 0 N–H and O–H groups in total. The second kappa shape index (κ2) is 7.18. The average molecular weight is 267 g/mol. The van der Waals surface area contributed by atoms with E-state index in [4.69, 9.17) is 4.43 Å². The Morgan fingerprint density at radius 2 is 1.78 bits per heavy atom. The third kappa shape index (κ3) is 5.01. The Morgan fingerprint density at radius 1 is 1.11 bits per heavy atom. The number of allylic oxidation sites excluding steroid dienone is 3. The average Bonchev–Trinajstić information content (AvgIpc) is 2.64. The minimum atomic E-state index is -1.48. The summed E-state index contributed by atoms with van der Waals surface area (Å²) < 4.78 is 6.37. The van der Waals surface area contributed by atoms with E-state index in [1.165, 1.54) is 49.9 Å². The summed E-state index contributed by atoms with van der Waals surface area (Å²) in [4.78, 5) is 0. The summed E-state index contributed by atoms with van der Waals surface area (Å²) in [7, 11) is -1.48. The first-order chi connectivity index (χ1) is 8.48. The van der Waals surface area contributed by atoms with Gasteiger partial charge in [-0.3, -0.25) is 0 Å². The molecule has 0 saturated carbocycles. The fourth-order valence-corrected chi connectivity index (χ4v) is 3.28. The Labute approximate surface area is 114 Å². The molecule has 0 aromatic carbocycles. The van der Waals surface area contributed by atoms with Crippen molar-refractivity contribution in [2.24, 2.45) is 5.92 Å². The Morgan fingerprint density at radius 3 is 2.33 bits per heavy atom. The van der Waals surface area contributed by atoms with Crippen molar-refractivity contribution < 1.29 is 4.43 Å². The summed E-state index contributed by atoms with van der Waals surface area (Å²) in [5.74, 6) is 1.87. The predicted molar refractivity (Wildman–Crippen MR) is 83.1 cm³/mol. The van der Waals surface area contributed by atoms with Crippen molar-refractivity contribution in [3.8, 4) is 0 Å². The van der Waals surface area contributed by atoms with Gasteiger partial charge in [0.05, 0.1) is 5.76 Å². The molecule has 0 aliphatic heterocycles. The highest BCUT2D eigenvalue weighted by molar-refractivity contribution is 6.70. The molecule has 104 valence electrons. The van der Waals surface area contributed by atoms with Crippen molar-refractivity contribution in [2.45, 2.75) is 72.0 Å². The highest BCUT2D eigenvalue weighted by atomic mass is 28.4. The largest absolute Gasteiger partial charge is 0.547 e. The summed E-state index contributed by atoms with van der Waals surface area (Å²) in [5, 5.41) is 0. The van der Waals surface area contributed by atoms with Crippen LogP contribution in [0.2, 0.25) is 19.6 Å². The summed E-state index contributed by atoms with van der Waals surface area (Å²) in [6.07, 6.45) is 12.2. The predicted octanol–water partition coefficient (Wildman–Crippen LogP) is 5.66. The van der Waals surface area contributed by atoms with Crippen molar-refractivity contribution in [3.05, 3.63) is 23.5 Å². The van der Waals surface area contributed by atoms with Crippen LogP contribution in [0.25, 0.3) is 0 Å². The second-order valence-corrected chi connectivity index (χ2v) is 10.7. The maximum Gasteiger partial charge on any atom is 0.241 e. The van der Waals surface area contributed by atoms with Crippen LogP contribution in [0.15, 0.2) is 23.5 Å². The van der Waals surface area contributed by atoms with E-state index in [0.29, 0.717) is 5.92 Å². The van der Waals surface area contributed by atoms with E-state index in [2.05, 4.69) is 45.6 Å². The molecule has 1 unspecified atom stereocenters. The highest BCUT2D eigenvalue weighted by Gasteiger charge is 2.26. The van der Waals surface area contributed by atoms with Gasteiger partial charge in [0.25, 0.3) is 0 Å². The van der Waals surface area contributed by atoms with E-state index in [0.717, 1.165) is 0 Å². The lowest BCUT2D eigenvalue weighted by Gasteiger charge is -2.26. The van der Waals surface area contributed by atoms with Crippen molar-refractivity contribution in [1.82, 2.24) is 0 Å². The van der Waals surface area contributed by atoms with E-state index >= 15 is 0 Å². The molecular formula is C16H30OSi. The van der Waals surface area contributed by atoms with Gasteiger partial charge in [0.15, 0.2) is 0 Å². The molecule has 0 spiro atoms. The fourth-order valence-electron chi connectivity index (χ4n) is 2.34. The lowest BCUT2D eigenvalue weighted by Crippen LogP contribution is -2.27. The number of hydrogen-bond donors (Lipinski definition) is 0. The monoisotopic (exact) mass is 266 g/mol. The minimum Gasteiger partial charge on any atom is -0.547 e. The van der Waals surface area contributed by atoms with Crippen LogP contribution in [0.3, 0.4) is 0 Å². The van der Waals surface area contributed by atoms with Crippen molar-refractivity contribution in [1.29, 1.82) is 0 Å². The van der Waals surface area contributed by atoms with Crippen LogP contribution in [-0.2, 0) is 4.43 Å². The molecule has 0 aromatic heterocycles. The quantitative estimate of drug-likeness (QED) is 0.515. The highest BCUT2D eigenvalue weighted by Crippen LogP contribution is 2.34. The molecule has 0 fully saturated rings. The first-order valence-electron chi connectivity index (χ1n) is 7.58. The molecule has 1 aliphatic carbocycles. The van der Waals surface area contributed by atoms with Crippen LogP contribution >= 0.6 is 0 Å². The van der Waals surface area contributed by atoms with E-state index in [-0.39, 0.29) is 0 Å². The molecule has 1 atom stereocenters. The zero-order chi connectivity index (χ0) is 13.6. The van der Waals surface area contributed by atoms with Gasteiger partial charge in [-0.25, -0.2) is 0 Å². The maximum atomic E-state index is 6.37. The molecule has 18 heavy (non-hydrogen) atoms. The number of rotatable bonds is 8. The first kappa shape index (κ1) is 15.6. The van der Waals surface area contributed by atoms with Crippen LogP contribution < -0.4 is 0 Å². The Hall–Kier alpha value is -0.503. The van der Waals surface area contributed by atoms with E-state index in [1.807, 2.05) is 0 Å². The molecule has 0 amide bonds. The van der Waals surface area contributed by atoms with Gasteiger partial charge in [0.1, 0.15) is 0 Å². The van der Waals surface area contributed by atoms with Crippen molar-refractivity contribution >= 4 is 8.32 Å². The molecule has 0 saturated heterocycles. The van der Waals surface area contributed by atoms with Crippen LogP contribution in [-0.4, -0.2) is 8.32 Å². The lowest BCUT2D eigenvalue weighted by molar-refractivity contribution is 0.355. The van der Waals surface area contributed by atoms with Crippen LogP contribution in [0.4, 0.5) is 0 Å². The summed E-state index contributed by atoms with van der Waals surface area (Å²) in [5.41, 5.74) is 1.47. The smallest absolute Gasteiger partial charge is 0.241 e. The van der Waals surface area contributed by atoms with Crippen molar-refractivity contribution in [2.75, 3.05) is 0 Å². The normalized spacial score (nSPS) is 19.7. The van der Waals surface area contributed by atoms with Crippen molar-refractivity contribution in [3.63, 3.8) is 0 Å². The van der Waals surface area contributed by atoms with E-state index in [1.54, 1.807) is 0 Å². The Balaban J connectivity index is 2.75. The Kier molecular flexibility index (Phi) is 6.20. The SMILES string of the molecule is CCCCC1=C(O[Si](C)(C)C)C(CCCC)C=C1. The molecular weight excluding hydrogens is 236 g/mol. The molecule has 0 heterocycles. The molecule has 1 nitrogen and oxygen atoms in total. The summed E-state index contributed by atoms with van der Waals surface area (Å²) in [6, 6.07) is 0. The zero-order valence-corrected chi connectivity index (χ0v) is 13.9. The lowest BCUT2D eigenvalue weighted by atomic mass is 10.0. The molecule has 0 radical (unpaired) electrons. The molecule has 0 bridgehead atoms. The Bertz CT molecular complexity index is 310. The van der Waals surface area contributed by atoms with Gasteiger partial charge >= 0.3 is 0 Å². The van der Waals surface area contributed by atoms with Gasteiger partial charge in [0, 0.05) is 5.92 Å². The first-order valence-corrected chi connectivity index (χ1v) is 11.0. The van der Waals surface area contributed by atoms with E-state index < -0.39 is 8.32 Å². The van der Waals surface area contributed by atoms with E-state index in [9.17, 15) is 0 Å². The second-order valence-electron chi connectivity index (χ2n) is 6.32. The minimum absolute atomic E-state index is 0.559. The van der Waals surface area contributed by atoms with Gasteiger partial charge in [-0.15, -0.1) is 0 Å². The van der Waals surface area contributed by atoms with Crippen LogP contribution in [0.5, 0.6) is 0 Å². The third-order valence-corrected chi connectivity index (χ3v) is 4.10. The molecule has 1 aliphatic rings. The van der Waals surface area contributed by atoms with Gasteiger partial charge < -0.3 is 4.43 Å². The third-order valence-electron chi connectivity index (χ3n) is 3.27. The number of unbranched alkanes of at least 4 members (excludes halogenated alkanes) is 2. The van der Waals surface area contributed by atoms with Gasteiger partial charge in [0.2, 0.25) is 8.32 Å². The fraction of sp³-hybridized carbons (Fsp3) is 0.750. The number of hydrogen-bond acceptors (Lipinski definition) is 1. The zero-order valence-electron chi connectivity index (χ0n) is 12.9. The van der Waals surface area contributed by atoms with Crippen LogP contribution in [0.1, 0.15) is 52.4 Å². The topological polar surface area (TPSA) is 9.23 Å². The molecule has 2 heteroatoms. The molecule has 0 aromatic rings. The van der Waals surface area contributed by atoms with Gasteiger partial charge in [-0.2, -0.15) is 0 Å².